The van der Waals surface area contributed by atoms with Gasteiger partial charge in [-0.15, -0.1) is 0 Å². The summed E-state index contributed by atoms with van der Waals surface area (Å²) in [7, 11) is 1.97. The van der Waals surface area contributed by atoms with Gasteiger partial charge in [0.05, 0.1) is 12.3 Å². The topological polar surface area (TPSA) is 53.7 Å². The molecule has 2 aromatic rings. The van der Waals surface area contributed by atoms with Gasteiger partial charge in [0.1, 0.15) is 0 Å². The average molecular weight is 220 g/mol. The number of nitrogens with zero attached hydrogens (tertiary/aromatic N) is 4. The van der Waals surface area contributed by atoms with Crippen LogP contribution in [0.3, 0.4) is 0 Å². The number of fused-ring (bicyclic) bond motifs is 1. The minimum Gasteiger partial charge on any atom is -0.395 e. The van der Waals surface area contributed by atoms with Crippen molar-refractivity contribution < 1.29 is 5.11 Å². The predicted molar refractivity (Wildman–Crippen MR) is 61.0 cm³/mol. The first-order chi connectivity index (χ1) is 7.70. The van der Waals surface area contributed by atoms with E-state index in [9.17, 15) is 0 Å². The zero-order valence-corrected chi connectivity index (χ0v) is 9.54. The number of hydrogen-bond donors (Lipinski definition) is 1. The van der Waals surface area contributed by atoms with Gasteiger partial charge in [0, 0.05) is 31.2 Å². The molecule has 0 aromatic carbocycles. The average Bonchev–Trinajstić information content (AvgIpc) is 2.69. The maximum absolute atomic E-state index is 9.04. The van der Waals surface area contributed by atoms with Crippen LogP contribution in [0.25, 0.3) is 5.78 Å². The summed E-state index contributed by atoms with van der Waals surface area (Å²) >= 11 is 0. The van der Waals surface area contributed by atoms with Crippen LogP contribution in [-0.2, 0) is 6.54 Å². The van der Waals surface area contributed by atoms with E-state index >= 15 is 0 Å². The molecule has 16 heavy (non-hydrogen) atoms. The molecule has 0 fully saturated rings. The molecule has 0 aliphatic heterocycles. The molecule has 0 radical (unpaired) electrons. The molecule has 0 aliphatic carbocycles. The number of aliphatic hydroxyl groups is 1. The Morgan fingerprint density at radius 1 is 1.56 bits per heavy atom. The van der Waals surface area contributed by atoms with Gasteiger partial charge < -0.3 is 5.11 Å². The van der Waals surface area contributed by atoms with Crippen molar-refractivity contribution >= 4 is 5.78 Å². The molecule has 1 atom stereocenters. The Bertz CT molecular complexity index is 435. The number of hydrogen-bond acceptors (Lipinski definition) is 4. The van der Waals surface area contributed by atoms with Crippen LogP contribution in [-0.4, -0.2) is 44.1 Å². The third-order valence-electron chi connectivity index (χ3n) is 2.71. The van der Waals surface area contributed by atoms with Gasteiger partial charge in [0.15, 0.2) is 0 Å². The van der Waals surface area contributed by atoms with E-state index in [1.54, 1.807) is 6.20 Å². The molecule has 0 amide bonds. The van der Waals surface area contributed by atoms with Gasteiger partial charge in [-0.3, -0.25) is 9.30 Å². The lowest BCUT2D eigenvalue weighted by Crippen LogP contribution is -2.31. The first kappa shape index (κ1) is 11.0. The Kier molecular flexibility index (Phi) is 3.17. The van der Waals surface area contributed by atoms with Crippen LogP contribution in [0.5, 0.6) is 0 Å². The van der Waals surface area contributed by atoms with Crippen LogP contribution < -0.4 is 0 Å². The van der Waals surface area contributed by atoms with Crippen molar-refractivity contribution in [2.24, 2.45) is 0 Å². The van der Waals surface area contributed by atoms with Crippen molar-refractivity contribution in [1.29, 1.82) is 0 Å². The molecule has 1 N–H and O–H groups in total. The van der Waals surface area contributed by atoms with Crippen molar-refractivity contribution in [1.82, 2.24) is 19.3 Å². The summed E-state index contributed by atoms with van der Waals surface area (Å²) in [6, 6.07) is 2.01. The summed E-state index contributed by atoms with van der Waals surface area (Å²) < 4.78 is 1.90. The normalized spacial score (nSPS) is 13.5. The lowest BCUT2D eigenvalue weighted by Gasteiger charge is -2.21. The first-order valence-electron chi connectivity index (χ1n) is 5.30. The van der Waals surface area contributed by atoms with Gasteiger partial charge in [-0.05, 0) is 20.0 Å². The van der Waals surface area contributed by atoms with E-state index in [-0.39, 0.29) is 12.6 Å². The van der Waals surface area contributed by atoms with E-state index in [0.717, 1.165) is 5.69 Å². The van der Waals surface area contributed by atoms with Crippen LogP contribution in [0.15, 0.2) is 24.7 Å². The zero-order valence-electron chi connectivity index (χ0n) is 9.54. The summed E-state index contributed by atoms with van der Waals surface area (Å²) in [6.45, 7) is 2.85. The van der Waals surface area contributed by atoms with Gasteiger partial charge in [0.25, 0.3) is 0 Å². The molecule has 0 spiro atoms. The highest BCUT2D eigenvalue weighted by Gasteiger charge is 2.10. The molecule has 0 saturated carbocycles. The summed E-state index contributed by atoms with van der Waals surface area (Å²) in [5.74, 6) is 0.711. The van der Waals surface area contributed by atoms with Gasteiger partial charge in [-0.2, -0.15) is 0 Å². The van der Waals surface area contributed by atoms with E-state index in [4.69, 9.17) is 5.11 Å². The molecule has 2 rings (SSSR count). The number of likely N-dealkylation sites (N-methyl/N-ethyl adjacent to an activating group) is 1. The summed E-state index contributed by atoms with van der Waals surface area (Å²) in [5.41, 5.74) is 0.960. The Morgan fingerprint density at radius 2 is 2.38 bits per heavy atom. The molecule has 2 heterocycles. The highest BCUT2D eigenvalue weighted by Crippen LogP contribution is 2.06. The zero-order chi connectivity index (χ0) is 11.5. The van der Waals surface area contributed by atoms with Gasteiger partial charge >= 0.3 is 0 Å². The summed E-state index contributed by atoms with van der Waals surface area (Å²) in [6.07, 6.45) is 5.61. The highest BCUT2D eigenvalue weighted by molar-refractivity contribution is 5.29. The smallest absolute Gasteiger partial charge is 0.233 e. The van der Waals surface area contributed by atoms with Gasteiger partial charge in [-0.25, -0.2) is 9.97 Å². The largest absolute Gasteiger partial charge is 0.395 e. The van der Waals surface area contributed by atoms with E-state index < -0.39 is 0 Å². The quantitative estimate of drug-likeness (QED) is 0.817. The first-order valence-corrected chi connectivity index (χ1v) is 5.30. The van der Waals surface area contributed by atoms with Crippen molar-refractivity contribution in [2.45, 2.75) is 19.5 Å². The van der Waals surface area contributed by atoms with Crippen molar-refractivity contribution in [3.63, 3.8) is 0 Å². The second-order valence-corrected chi connectivity index (χ2v) is 4.01. The second-order valence-electron chi connectivity index (χ2n) is 4.01. The van der Waals surface area contributed by atoms with Crippen LogP contribution in [0.1, 0.15) is 12.6 Å². The third kappa shape index (κ3) is 2.20. The molecule has 1 unspecified atom stereocenters. The van der Waals surface area contributed by atoms with Crippen LogP contribution in [0.4, 0.5) is 0 Å². The second kappa shape index (κ2) is 4.59. The molecule has 0 saturated heterocycles. The molecule has 0 bridgehead atoms. The van der Waals surface area contributed by atoms with Crippen LogP contribution in [0.2, 0.25) is 0 Å². The molecule has 5 nitrogen and oxygen atoms in total. The Labute approximate surface area is 94.4 Å². The molecule has 86 valence electrons. The monoisotopic (exact) mass is 220 g/mol. The standard InChI is InChI=1S/C11H16N4O/c1-9(8-16)14(2)6-10-7-15-5-3-4-12-11(15)13-10/h3-5,7,9,16H,6,8H2,1-2H3. The highest BCUT2D eigenvalue weighted by atomic mass is 16.3. The number of imidazole rings is 1. The summed E-state index contributed by atoms with van der Waals surface area (Å²) in [4.78, 5) is 10.6. The SMILES string of the molecule is CC(CO)N(C)Cc1cn2cccnc2n1. The van der Waals surface area contributed by atoms with Crippen molar-refractivity contribution in [3.05, 3.63) is 30.4 Å². The van der Waals surface area contributed by atoms with E-state index in [0.29, 0.717) is 12.3 Å². The fourth-order valence-corrected chi connectivity index (χ4v) is 1.51. The Balaban J connectivity index is 2.15. The molecule has 2 aromatic heterocycles. The molecular formula is C11H16N4O. The minimum atomic E-state index is 0.137. The fourth-order valence-electron chi connectivity index (χ4n) is 1.51. The predicted octanol–water partition coefficient (Wildman–Crippen LogP) is 0.542. The number of rotatable bonds is 4. The van der Waals surface area contributed by atoms with Gasteiger partial charge in [-0.1, -0.05) is 0 Å². The minimum absolute atomic E-state index is 0.137. The molecule has 5 heteroatoms. The maximum Gasteiger partial charge on any atom is 0.233 e. The summed E-state index contributed by atoms with van der Waals surface area (Å²) in [5, 5.41) is 9.04. The lowest BCUT2D eigenvalue weighted by atomic mass is 10.3. The number of aliphatic hydroxyl groups excluding tert-OH is 1. The van der Waals surface area contributed by atoms with Crippen LogP contribution >= 0.6 is 0 Å². The Morgan fingerprint density at radius 3 is 3.06 bits per heavy atom. The fraction of sp³-hybridized carbons (Fsp3) is 0.455. The maximum atomic E-state index is 9.04. The molecule has 0 aliphatic rings. The van der Waals surface area contributed by atoms with Crippen molar-refractivity contribution in [3.8, 4) is 0 Å². The van der Waals surface area contributed by atoms with E-state index in [2.05, 4.69) is 14.9 Å². The van der Waals surface area contributed by atoms with E-state index in [1.807, 2.05) is 36.8 Å². The Hall–Kier alpha value is -1.46. The van der Waals surface area contributed by atoms with Crippen molar-refractivity contribution in [2.75, 3.05) is 13.7 Å². The van der Waals surface area contributed by atoms with Gasteiger partial charge in [0.2, 0.25) is 5.78 Å². The van der Waals surface area contributed by atoms with Crippen LogP contribution in [0, 0.1) is 0 Å². The third-order valence-corrected chi connectivity index (χ3v) is 2.71. The molecular weight excluding hydrogens is 204 g/mol. The number of aromatic nitrogens is 3. The van der Waals surface area contributed by atoms with E-state index in [1.165, 1.54) is 0 Å². The lowest BCUT2D eigenvalue weighted by molar-refractivity contribution is 0.153.